The molecule has 1 unspecified atom stereocenters. The van der Waals surface area contributed by atoms with Crippen LogP contribution in [0.5, 0.6) is 0 Å². The molecule has 2 rings (SSSR count). The summed E-state index contributed by atoms with van der Waals surface area (Å²) < 4.78 is 3.56. The van der Waals surface area contributed by atoms with Gasteiger partial charge in [-0.25, -0.2) is 0 Å². The average molecular weight is 379 g/mol. The summed E-state index contributed by atoms with van der Waals surface area (Å²) >= 11 is 12.9. The number of aryl methyl sites for hydroxylation is 1. The van der Waals surface area contributed by atoms with Crippen LogP contribution in [0.25, 0.3) is 0 Å². The van der Waals surface area contributed by atoms with Crippen LogP contribution >= 0.6 is 43.5 Å². The van der Waals surface area contributed by atoms with Crippen molar-refractivity contribution in [2.75, 3.05) is 0 Å². The Morgan fingerprint density at radius 1 is 1.35 bits per heavy atom. The second-order valence-electron chi connectivity index (χ2n) is 3.68. The lowest BCUT2D eigenvalue weighted by atomic mass is 10.1. The van der Waals surface area contributed by atoms with Gasteiger partial charge in [-0.05, 0) is 39.7 Å². The van der Waals surface area contributed by atoms with Crippen molar-refractivity contribution >= 4 is 43.5 Å². The van der Waals surface area contributed by atoms with E-state index in [1.807, 2.05) is 25.2 Å². The summed E-state index contributed by atoms with van der Waals surface area (Å²) in [7, 11) is 1.86. The van der Waals surface area contributed by atoms with E-state index in [9.17, 15) is 0 Å². The molecule has 0 saturated heterocycles. The molecule has 6 heteroatoms. The first-order chi connectivity index (χ1) is 7.99. The minimum absolute atomic E-state index is 0.271. The van der Waals surface area contributed by atoms with Crippen molar-refractivity contribution in [1.29, 1.82) is 0 Å². The lowest BCUT2D eigenvalue weighted by molar-refractivity contribution is 0.671. The van der Waals surface area contributed by atoms with Crippen molar-refractivity contribution in [3.05, 3.63) is 49.6 Å². The molecule has 1 atom stereocenters. The van der Waals surface area contributed by atoms with E-state index in [-0.39, 0.29) is 6.04 Å². The molecule has 0 aliphatic carbocycles. The summed E-state index contributed by atoms with van der Waals surface area (Å²) in [5.74, 6) is 0. The molecule has 17 heavy (non-hydrogen) atoms. The molecule has 0 bridgehead atoms. The van der Waals surface area contributed by atoms with Gasteiger partial charge >= 0.3 is 0 Å². The van der Waals surface area contributed by atoms with Crippen LogP contribution in [0, 0.1) is 0 Å². The Morgan fingerprint density at radius 3 is 2.59 bits per heavy atom. The Kier molecular flexibility index (Phi) is 3.92. The quantitative estimate of drug-likeness (QED) is 0.866. The second kappa shape index (κ2) is 5.10. The molecule has 1 aromatic carbocycles. The van der Waals surface area contributed by atoms with Gasteiger partial charge in [0.1, 0.15) is 0 Å². The Labute approximate surface area is 121 Å². The van der Waals surface area contributed by atoms with Crippen molar-refractivity contribution in [2.45, 2.75) is 6.04 Å². The highest BCUT2D eigenvalue weighted by Gasteiger charge is 2.17. The standard InChI is InChI=1S/C11H10Br2ClN3/c1-17-11(9(13)5-16-17)10(15)6-2-7(12)4-8(14)3-6/h2-5,10H,15H2,1H3. The molecule has 2 aromatic rings. The van der Waals surface area contributed by atoms with E-state index in [2.05, 4.69) is 37.0 Å². The lowest BCUT2D eigenvalue weighted by Gasteiger charge is -2.14. The average Bonchev–Trinajstić information content (AvgIpc) is 2.56. The first-order valence-corrected chi connectivity index (χ1v) is 6.84. The normalized spacial score (nSPS) is 12.8. The maximum atomic E-state index is 6.23. The van der Waals surface area contributed by atoms with Crippen molar-refractivity contribution in [3.63, 3.8) is 0 Å². The van der Waals surface area contributed by atoms with Crippen molar-refractivity contribution in [2.24, 2.45) is 12.8 Å². The van der Waals surface area contributed by atoms with E-state index >= 15 is 0 Å². The van der Waals surface area contributed by atoms with Gasteiger partial charge in [-0.3, -0.25) is 4.68 Å². The number of hydrogen-bond acceptors (Lipinski definition) is 2. The molecule has 0 radical (unpaired) electrons. The molecule has 2 N–H and O–H groups in total. The zero-order chi connectivity index (χ0) is 12.6. The summed E-state index contributed by atoms with van der Waals surface area (Å²) in [5.41, 5.74) is 8.08. The fourth-order valence-electron chi connectivity index (χ4n) is 1.68. The second-order valence-corrected chi connectivity index (χ2v) is 5.89. The predicted octanol–water partition coefficient (Wildman–Crippen LogP) is 3.65. The zero-order valence-electron chi connectivity index (χ0n) is 8.99. The van der Waals surface area contributed by atoms with Gasteiger partial charge in [0, 0.05) is 16.5 Å². The summed E-state index contributed by atoms with van der Waals surface area (Å²) in [5, 5.41) is 4.81. The van der Waals surface area contributed by atoms with E-state index < -0.39 is 0 Å². The Hall–Kier alpha value is -0.360. The van der Waals surface area contributed by atoms with Crippen LogP contribution in [0.3, 0.4) is 0 Å². The van der Waals surface area contributed by atoms with Crippen LogP contribution in [-0.2, 0) is 7.05 Å². The smallest absolute Gasteiger partial charge is 0.0735 e. The highest BCUT2D eigenvalue weighted by atomic mass is 79.9. The number of aromatic nitrogens is 2. The first kappa shape index (κ1) is 13.1. The molecular weight excluding hydrogens is 369 g/mol. The van der Waals surface area contributed by atoms with Gasteiger partial charge < -0.3 is 5.73 Å². The van der Waals surface area contributed by atoms with Gasteiger partial charge in [0.2, 0.25) is 0 Å². The van der Waals surface area contributed by atoms with Crippen LogP contribution in [0.15, 0.2) is 33.3 Å². The lowest BCUT2D eigenvalue weighted by Crippen LogP contribution is -2.16. The molecule has 0 fully saturated rings. The minimum atomic E-state index is -0.271. The molecule has 0 aliphatic heterocycles. The molecule has 0 amide bonds. The first-order valence-electron chi connectivity index (χ1n) is 4.88. The number of nitrogens with zero attached hydrogens (tertiary/aromatic N) is 2. The van der Waals surface area contributed by atoms with Crippen LogP contribution in [-0.4, -0.2) is 9.78 Å². The van der Waals surface area contributed by atoms with Gasteiger partial charge in [-0.15, -0.1) is 0 Å². The van der Waals surface area contributed by atoms with Gasteiger partial charge in [0.25, 0.3) is 0 Å². The van der Waals surface area contributed by atoms with E-state index in [4.69, 9.17) is 17.3 Å². The number of nitrogens with two attached hydrogens (primary N) is 1. The van der Waals surface area contributed by atoms with E-state index in [1.54, 1.807) is 10.9 Å². The van der Waals surface area contributed by atoms with E-state index in [1.165, 1.54) is 0 Å². The molecule has 0 aliphatic rings. The van der Waals surface area contributed by atoms with E-state index in [0.29, 0.717) is 5.02 Å². The molecule has 0 saturated carbocycles. The molecular formula is C11H10Br2ClN3. The van der Waals surface area contributed by atoms with Gasteiger partial charge in [-0.1, -0.05) is 27.5 Å². The number of rotatable bonds is 2. The van der Waals surface area contributed by atoms with Gasteiger partial charge in [0.05, 0.1) is 22.4 Å². The largest absolute Gasteiger partial charge is 0.319 e. The van der Waals surface area contributed by atoms with Crippen LogP contribution < -0.4 is 5.73 Å². The molecule has 1 aromatic heterocycles. The highest BCUT2D eigenvalue weighted by Crippen LogP contribution is 2.29. The molecule has 3 nitrogen and oxygen atoms in total. The van der Waals surface area contributed by atoms with Gasteiger partial charge in [0.15, 0.2) is 0 Å². The summed E-state index contributed by atoms with van der Waals surface area (Å²) in [6.45, 7) is 0. The Morgan fingerprint density at radius 2 is 2.06 bits per heavy atom. The Bertz CT molecular complexity index is 514. The van der Waals surface area contributed by atoms with Crippen LogP contribution in [0.4, 0.5) is 0 Å². The maximum absolute atomic E-state index is 6.23. The highest BCUT2D eigenvalue weighted by molar-refractivity contribution is 9.10. The van der Waals surface area contributed by atoms with Crippen molar-refractivity contribution in [3.8, 4) is 0 Å². The maximum Gasteiger partial charge on any atom is 0.0735 e. The van der Waals surface area contributed by atoms with Crippen molar-refractivity contribution in [1.82, 2.24) is 9.78 Å². The number of hydrogen-bond donors (Lipinski definition) is 1. The summed E-state index contributed by atoms with van der Waals surface area (Å²) in [6.07, 6.45) is 1.73. The van der Waals surface area contributed by atoms with Gasteiger partial charge in [-0.2, -0.15) is 5.10 Å². The third-order valence-corrected chi connectivity index (χ3v) is 3.76. The topological polar surface area (TPSA) is 43.8 Å². The molecule has 0 spiro atoms. The third kappa shape index (κ3) is 2.73. The summed E-state index contributed by atoms with van der Waals surface area (Å²) in [6, 6.07) is 5.37. The van der Waals surface area contributed by atoms with Crippen LogP contribution in [0.2, 0.25) is 5.02 Å². The Balaban J connectivity index is 2.47. The van der Waals surface area contributed by atoms with Crippen LogP contribution in [0.1, 0.15) is 17.3 Å². The molecule has 1 heterocycles. The predicted molar refractivity (Wildman–Crippen MR) is 76.1 cm³/mol. The number of halogens is 3. The minimum Gasteiger partial charge on any atom is -0.319 e. The summed E-state index contributed by atoms with van der Waals surface area (Å²) in [4.78, 5) is 0. The van der Waals surface area contributed by atoms with E-state index in [0.717, 1.165) is 20.2 Å². The third-order valence-electron chi connectivity index (χ3n) is 2.48. The fraction of sp³-hybridized carbons (Fsp3) is 0.182. The van der Waals surface area contributed by atoms with Crippen molar-refractivity contribution < 1.29 is 0 Å². The SMILES string of the molecule is Cn1ncc(Br)c1C(N)c1cc(Cl)cc(Br)c1. The monoisotopic (exact) mass is 377 g/mol. The zero-order valence-corrected chi connectivity index (χ0v) is 12.9. The number of benzene rings is 1. The fourth-order valence-corrected chi connectivity index (χ4v) is 3.16. The molecule has 90 valence electrons.